The number of piperazine rings is 1. The Labute approximate surface area is 214 Å². The number of aryl methyl sites for hydroxylation is 1. The Morgan fingerprint density at radius 3 is 2.66 bits per heavy atom. The lowest BCUT2D eigenvalue weighted by Gasteiger charge is -2.37. The van der Waals surface area contributed by atoms with Crippen molar-refractivity contribution in [2.45, 2.75) is 19.4 Å². The maximum Gasteiger partial charge on any atom is 0.357 e. The molecule has 0 bridgehead atoms. The number of H-pyrrole nitrogens is 1. The Morgan fingerprint density at radius 1 is 1.18 bits per heavy atom. The summed E-state index contributed by atoms with van der Waals surface area (Å²) in [5.41, 5.74) is 0.506. The van der Waals surface area contributed by atoms with Gasteiger partial charge in [0.25, 0.3) is 0 Å². The molecule has 1 fully saturated rings. The molecule has 2 aliphatic rings. The van der Waals surface area contributed by atoms with Crippen molar-refractivity contribution in [2.75, 3.05) is 31.1 Å². The Kier molecular flexibility index (Phi) is 6.41. The van der Waals surface area contributed by atoms with Crippen LogP contribution < -0.4 is 4.90 Å². The summed E-state index contributed by atoms with van der Waals surface area (Å²) in [5, 5.41) is 30.3. The van der Waals surface area contributed by atoms with Crippen molar-refractivity contribution >= 4 is 24.2 Å². The van der Waals surface area contributed by atoms with Gasteiger partial charge < -0.3 is 14.9 Å². The fourth-order valence-electron chi connectivity index (χ4n) is 4.55. The number of carboxylic acids is 1. The van der Waals surface area contributed by atoms with Crippen LogP contribution in [0, 0.1) is 29.9 Å². The van der Waals surface area contributed by atoms with Gasteiger partial charge in [0.15, 0.2) is 11.5 Å². The molecular weight excluding hydrogens is 500 g/mol. The van der Waals surface area contributed by atoms with Gasteiger partial charge in [0.05, 0.1) is 29.4 Å². The van der Waals surface area contributed by atoms with Crippen molar-refractivity contribution in [3.63, 3.8) is 0 Å². The van der Waals surface area contributed by atoms with Gasteiger partial charge in [0.2, 0.25) is 5.95 Å². The molecule has 0 spiro atoms. The number of carbonyl (C=O) groups is 2. The number of benzene rings is 1. The third kappa shape index (κ3) is 4.49. The second-order valence-electron chi connectivity index (χ2n) is 8.78. The minimum Gasteiger partial charge on any atom is -0.476 e. The van der Waals surface area contributed by atoms with E-state index < -0.39 is 23.6 Å². The summed E-state index contributed by atoms with van der Waals surface area (Å²) in [6.45, 7) is 2.79. The summed E-state index contributed by atoms with van der Waals surface area (Å²) < 4.78 is 28.6. The quantitative estimate of drug-likeness (QED) is 0.531. The highest BCUT2D eigenvalue weighted by Crippen LogP contribution is 2.31. The van der Waals surface area contributed by atoms with Gasteiger partial charge >= 0.3 is 12.0 Å². The van der Waals surface area contributed by atoms with Gasteiger partial charge in [-0.3, -0.25) is 5.10 Å². The highest BCUT2D eigenvalue weighted by molar-refractivity contribution is 5.94. The van der Waals surface area contributed by atoms with E-state index in [0.717, 1.165) is 12.3 Å². The topological polar surface area (TPSA) is 155 Å². The number of aromatic nitrogens is 4. The summed E-state index contributed by atoms with van der Waals surface area (Å²) in [6.07, 6.45) is 2.94. The lowest BCUT2D eigenvalue weighted by atomic mass is 10.0. The number of aromatic amines is 1. The molecule has 2 aliphatic heterocycles. The standard InChI is InChI=1S/C24H21F2N9O3/c1-13-19(21(22(36)37)32-31-13)20-17(26)12-28-23(30-20)33-4-6-34(7-5-33)24(38)35-18(2-3-29-35)15-8-14(11-27)9-16(25)10-15/h3,8-10,12,18H,2,4-7H2,1H3,(H,31,32)(H,36,37). The van der Waals surface area contributed by atoms with E-state index >= 15 is 0 Å². The third-order valence-corrected chi connectivity index (χ3v) is 6.41. The second kappa shape index (κ2) is 9.85. The number of rotatable bonds is 4. The van der Waals surface area contributed by atoms with Crippen molar-refractivity contribution in [3.05, 3.63) is 58.5 Å². The Balaban J connectivity index is 1.31. The first-order valence-electron chi connectivity index (χ1n) is 11.6. The van der Waals surface area contributed by atoms with Crippen LogP contribution in [0.25, 0.3) is 11.3 Å². The molecule has 3 aromatic rings. The molecule has 0 aliphatic carbocycles. The fourth-order valence-corrected chi connectivity index (χ4v) is 4.55. The molecule has 38 heavy (non-hydrogen) atoms. The molecule has 0 saturated carbocycles. The smallest absolute Gasteiger partial charge is 0.357 e. The van der Waals surface area contributed by atoms with E-state index in [1.807, 2.05) is 6.07 Å². The van der Waals surface area contributed by atoms with Gasteiger partial charge in [0, 0.05) is 44.5 Å². The van der Waals surface area contributed by atoms with Gasteiger partial charge in [-0.05, 0) is 30.7 Å². The van der Waals surface area contributed by atoms with Gasteiger partial charge in [-0.25, -0.2) is 33.3 Å². The molecule has 1 aromatic carbocycles. The number of carboxylic acid groups (broad SMARTS) is 1. The first-order chi connectivity index (χ1) is 18.3. The predicted molar refractivity (Wildman–Crippen MR) is 129 cm³/mol. The molecule has 1 atom stereocenters. The van der Waals surface area contributed by atoms with E-state index in [9.17, 15) is 23.5 Å². The molecule has 0 radical (unpaired) electrons. The second-order valence-corrected chi connectivity index (χ2v) is 8.78. The largest absolute Gasteiger partial charge is 0.476 e. The average molecular weight is 521 g/mol. The number of hydrogen-bond acceptors (Lipinski definition) is 8. The molecule has 12 nitrogen and oxygen atoms in total. The van der Waals surface area contributed by atoms with Crippen molar-refractivity contribution in [2.24, 2.45) is 5.10 Å². The van der Waals surface area contributed by atoms with E-state index in [-0.39, 0.29) is 47.6 Å². The molecule has 194 valence electrons. The van der Waals surface area contributed by atoms with Gasteiger partial charge in [0.1, 0.15) is 11.5 Å². The number of aromatic carboxylic acids is 1. The van der Waals surface area contributed by atoms with Crippen LogP contribution >= 0.6 is 0 Å². The van der Waals surface area contributed by atoms with Gasteiger partial charge in [-0.1, -0.05) is 0 Å². The van der Waals surface area contributed by atoms with Crippen molar-refractivity contribution in [3.8, 4) is 17.3 Å². The number of urea groups is 1. The number of hydrazone groups is 1. The van der Waals surface area contributed by atoms with Crippen molar-refractivity contribution in [1.29, 1.82) is 5.26 Å². The van der Waals surface area contributed by atoms with Crippen LogP contribution in [0.4, 0.5) is 19.5 Å². The Morgan fingerprint density at radius 2 is 1.95 bits per heavy atom. The van der Waals surface area contributed by atoms with Crippen molar-refractivity contribution in [1.82, 2.24) is 30.1 Å². The summed E-state index contributed by atoms with van der Waals surface area (Å²) in [6, 6.07) is 4.98. The summed E-state index contributed by atoms with van der Waals surface area (Å²) >= 11 is 0. The molecule has 1 unspecified atom stereocenters. The minimum absolute atomic E-state index is 0.0438. The maximum atomic E-state index is 14.6. The number of anilines is 1. The zero-order valence-electron chi connectivity index (χ0n) is 20.1. The number of halogens is 2. The lowest BCUT2D eigenvalue weighted by molar-refractivity contribution is 0.0691. The number of nitriles is 1. The first-order valence-corrected chi connectivity index (χ1v) is 11.6. The van der Waals surface area contributed by atoms with E-state index in [1.54, 1.807) is 29.0 Å². The first kappa shape index (κ1) is 24.8. The molecule has 5 rings (SSSR count). The number of amides is 2. The summed E-state index contributed by atoms with van der Waals surface area (Å²) in [7, 11) is 0. The van der Waals surface area contributed by atoms with Crippen LogP contribution in [0.15, 0.2) is 29.5 Å². The molecule has 2 amide bonds. The zero-order chi connectivity index (χ0) is 27.0. The van der Waals surface area contributed by atoms with Crippen LogP contribution in [-0.2, 0) is 0 Å². The van der Waals surface area contributed by atoms with Gasteiger partial charge in [-0.2, -0.15) is 15.5 Å². The summed E-state index contributed by atoms with van der Waals surface area (Å²) in [5.74, 6) is -2.48. The monoisotopic (exact) mass is 521 g/mol. The normalized spacial score (nSPS) is 17.1. The number of nitrogens with zero attached hydrogens (tertiary/aromatic N) is 8. The number of hydrogen-bond donors (Lipinski definition) is 2. The lowest BCUT2D eigenvalue weighted by Crippen LogP contribution is -2.52. The molecular formula is C24H21F2N9O3. The fraction of sp³-hybridized carbons (Fsp3) is 0.292. The maximum absolute atomic E-state index is 14.6. The Hall–Kier alpha value is -4.93. The molecule has 1 saturated heterocycles. The van der Waals surface area contributed by atoms with E-state index in [2.05, 4.69) is 25.3 Å². The van der Waals surface area contributed by atoms with Crippen LogP contribution in [-0.4, -0.2) is 79.6 Å². The van der Waals surface area contributed by atoms with Crippen LogP contribution in [0.5, 0.6) is 0 Å². The molecule has 2 aromatic heterocycles. The predicted octanol–water partition coefficient (Wildman–Crippen LogP) is 2.70. The van der Waals surface area contributed by atoms with Crippen LogP contribution in [0.2, 0.25) is 0 Å². The van der Waals surface area contributed by atoms with Crippen molar-refractivity contribution < 1.29 is 23.5 Å². The molecule has 14 heteroatoms. The van der Waals surface area contributed by atoms with E-state index in [1.165, 1.54) is 11.1 Å². The SMILES string of the molecule is Cc1[nH]nc(C(=O)O)c1-c1nc(N2CCN(C(=O)N3N=CCC3c3cc(F)cc(C#N)c3)CC2)ncc1F. The van der Waals surface area contributed by atoms with E-state index in [0.29, 0.717) is 30.8 Å². The highest BCUT2D eigenvalue weighted by Gasteiger charge is 2.34. The molecule has 4 heterocycles. The third-order valence-electron chi connectivity index (χ3n) is 6.41. The average Bonchev–Trinajstić information content (AvgIpc) is 3.55. The summed E-state index contributed by atoms with van der Waals surface area (Å²) in [4.78, 5) is 36.5. The Bertz CT molecular complexity index is 1490. The van der Waals surface area contributed by atoms with Gasteiger partial charge in [-0.15, -0.1) is 0 Å². The zero-order valence-corrected chi connectivity index (χ0v) is 20.1. The number of nitrogens with one attached hydrogen (secondary N) is 1. The van der Waals surface area contributed by atoms with E-state index in [4.69, 9.17) is 5.26 Å². The minimum atomic E-state index is -1.32. The van der Waals surface area contributed by atoms with Crippen LogP contribution in [0.3, 0.4) is 0 Å². The molecule has 2 N–H and O–H groups in total. The highest BCUT2D eigenvalue weighted by atomic mass is 19.1. The van der Waals surface area contributed by atoms with Crippen LogP contribution in [0.1, 0.15) is 39.8 Å². The number of carbonyl (C=O) groups excluding carboxylic acids is 1.